The van der Waals surface area contributed by atoms with Crippen molar-refractivity contribution < 1.29 is 8.42 Å². The van der Waals surface area contributed by atoms with Gasteiger partial charge in [-0.1, -0.05) is 24.3 Å². The minimum Gasteiger partial charge on any atom is -0.337 e. The van der Waals surface area contributed by atoms with Crippen molar-refractivity contribution in [2.45, 2.75) is 43.3 Å². The van der Waals surface area contributed by atoms with E-state index >= 15 is 0 Å². The summed E-state index contributed by atoms with van der Waals surface area (Å²) in [7, 11) is -1.86. The molecule has 1 aromatic heterocycles. The maximum absolute atomic E-state index is 13.1. The van der Waals surface area contributed by atoms with E-state index in [0.29, 0.717) is 25.1 Å². The van der Waals surface area contributed by atoms with Crippen LogP contribution in [0.4, 0.5) is 0 Å². The van der Waals surface area contributed by atoms with Gasteiger partial charge in [-0.05, 0) is 26.2 Å². The van der Waals surface area contributed by atoms with Crippen molar-refractivity contribution in [3.05, 3.63) is 49.5 Å². The summed E-state index contributed by atoms with van der Waals surface area (Å²) in [5, 5.41) is 0.103. The third-order valence-corrected chi connectivity index (χ3v) is 5.78. The summed E-state index contributed by atoms with van der Waals surface area (Å²) in [6.07, 6.45) is 10.9. The molecule has 1 aromatic rings. The van der Waals surface area contributed by atoms with Crippen LogP contribution in [0.25, 0.3) is 0 Å². The molecule has 0 unspecified atom stereocenters. The molecule has 0 saturated heterocycles. The van der Waals surface area contributed by atoms with Gasteiger partial charge in [0, 0.05) is 25.3 Å². The molecule has 2 atom stereocenters. The first-order valence-electron chi connectivity index (χ1n) is 7.33. The number of hydrogen-bond donors (Lipinski definition) is 0. The van der Waals surface area contributed by atoms with Crippen LogP contribution in [-0.4, -0.2) is 34.4 Å². The molecule has 0 spiro atoms. The van der Waals surface area contributed by atoms with Gasteiger partial charge in [0.15, 0.2) is 5.03 Å². The Bertz CT molecular complexity index is 669. The number of rotatable bonds is 6. The molecule has 120 valence electrons. The molecular formula is C16H23N3O2S. The summed E-state index contributed by atoms with van der Waals surface area (Å²) >= 11 is 0. The molecule has 0 aliphatic carbocycles. The lowest BCUT2D eigenvalue weighted by Gasteiger charge is -2.36. The summed E-state index contributed by atoms with van der Waals surface area (Å²) in [4.78, 5) is 4.20. The third kappa shape index (κ3) is 3.08. The molecule has 2 heterocycles. The largest absolute Gasteiger partial charge is 0.337 e. The molecule has 0 aromatic carbocycles. The van der Waals surface area contributed by atoms with Gasteiger partial charge >= 0.3 is 0 Å². The Morgan fingerprint density at radius 2 is 2.05 bits per heavy atom. The van der Waals surface area contributed by atoms with Crippen molar-refractivity contribution in [1.82, 2.24) is 13.9 Å². The van der Waals surface area contributed by atoms with Crippen LogP contribution < -0.4 is 0 Å². The SMILES string of the molecule is C=CC[C@@H]1CC=C[C@@H](CC=C)N1S(=O)(=O)c1cn(C)c(C)n1. The summed E-state index contributed by atoms with van der Waals surface area (Å²) in [5.41, 5.74) is 0. The first kappa shape index (κ1) is 16.7. The minimum absolute atomic E-state index is 0.103. The minimum atomic E-state index is -3.65. The van der Waals surface area contributed by atoms with E-state index in [9.17, 15) is 8.42 Å². The number of sulfonamides is 1. The maximum Gasteiger partial charge on any atom is 0.262 e. The second kappa shape index (κ2) is 6.62. The summed E-state index contributed by atoms with van der Waals surface area (Å²) < 4.78 is 29.4. The quantitative estimate of drug-likeness (QED) is 0.757. The molecule has 1 aliphatic heterocycles. The molecule has 6 heteroatoms. The predicted octanol–water partition coefficient (Wildman–Crippen LogP) is 2.57. The molecule has 1 aliphatic rings. The normalized spacial score (nSPS) is 22.6. The second-order valence-electron chi connectivity index (χ2n) is 5.51. The van der Waals surface area contributed by atoms with Gasteiger partial charge in [-0.3, -0.25) is 0 Å². The Morgan fingerprint density at radius 1 is 1.36 bits per heavy atom. The van der Waals surface area contributed by atoms with Crippen molar-refractivity contribution in [2.75, 3.05) is 0 Å². The molecular weight excluding hydrogens is 298 g/mol. The maximum atomic E-state index is 13.1. The van der Waals surface area contributed by atoms with E-state index in [1.807, 2.05) is 12.2 Å². The molecule has 0 fully saturated rings. The van der Waals surface area contributed by atoms with Crippen LogP contribution >= 0.6 is 0 Å². The van der Waals surface area contributed by atoms with Crippen LogP contribution in [0.3, 0.4) is 0 Å². The van der Waals surface area contributed by atoms with Crippen molar-refractivity contribution in [1.29, 1.82) is 0 Å². The van der Waals surface area contributed by atoms with Gasteiger partial charge in [0.1, 0.15) is 5.82 Å². The van der Waals surface area contributed by atoms with E-state index in [1.165, 1.54) is 0 Å². The van der Waals surface area contributed by atoms with Gasteiger partial charge in [0.2, 0.25) is 0 Å². The fourth-order valence-corrected chi connectivity index (χ4v) is 4.56. The second-order valence-corrected chi connectivity index (χ2v) is 7.30. The highest BCUT2D eigenvalue weighted by atomic mass is 32.2. The zero-order valence-electron chi connectivity index (χ0n) is 13.1. The lowest BCUT2D eigenvalue weighted by molar-refractivity contribution is 0.267. The Morgan fingerprint density at radius 3 is 2.59 bits per heavy atom. The van der Waals surface area contributed by atoms with E-state index in [1.54, 1.807) is 41.2 Å². The van der Waals surface area contributed by atoms with Crippen LogP contribution in [0.1, 0.15) is 25.1 Å². The third-order valence-electron chi connectivity index (χ3n) is 3.93. The topological polar surface area (TPSA) is 55.2 Å². The van der Waals surface area contributed by atoms with E-state index in [2.05, 4.69) is 18.1 Å². The van der Waals surface area contributed by atoms with E-state index in [-0.39, 0.29) is 17.1 Å². The van der Waals surface area contributed by atoms with Crippen LogP contribution in [0, 0.1) is 6.92 Å². The zero-order valence-corrected chi connectivity index (χ0v) is 14.0. The number of hydrogen-bond acceptors (Lipinski definition) is 3. The van der Waals surface area contributed by atoms with E-state index < -0.39 is 10.0 Å². The number of nitrogens with zero attached hydrogens (tertiary/aromatic N) is 3. The van der Waals surface area contributed by atoms with E-state index in [4.69, 9.17) is 0 Å². The monoisotopic (exact) mass is 321 g/mol. The Balaban J connectivity index is 2.48. The van der Waals surface area contributed by atoms with Gasteiger partial charge in [0.25, 0.3) is 10.0 Å². The van der Waals surface area contributed by atoms with Gasteiger partial charge < -0.3 is 4.57 Å². The Hall–Kier alpha value is -1.66. The fraction of sp³-hybridized carbons (Fsp3) is 0.438. The zero-order chi connectivity index (χ0) is 16.3. The number of aryl methyl sites for hydroxylation is 2. The molecule has 2 rings (SSSR count). The number of aromatic nitrogens is 2. The summed E-state index contributed by atoms with van der Waals surface area (Å²) in [6, 6.07) is -0.344. The smallest absolute Gasteiger partial charge is 0.262 e. The van der Waals surface area contributed by atoms with Gasteiger partial charge in [0.05, 0.1) is 0 Å². The van der Waals surface area contributed by atoms with Crippen LogP contribution in [0.5, 0.6) is 0 Å². The first-order valence-corrected chi connectivity index (χ1v) is 8.77. The van der Waals surface area contributed by atoms with Crippen molar-refractivity contribution in [3.63, 3.8) is 0 Å². The molecule has 5 nitrogen and oxygen atoms in total. The van der Waals surface area contributed by atoms with Crippen LogP contribution in [0.15, 0.2) is 48.7 Å². The standard InChI is InChI=1S/C16H23N3O2S/c1-5-8-14-10-7-11-15(9-6-2)19(14)22(20,21)16-12-18(4)13(3)17-16/h5-7,10,12,14-15H,1-2,8-9,11H2,3-4H3/t14-,15-/m1/s1. The number of imidazole rings is 1. The molecule has 22 heavy (non-hydrogen) atoms. The highest BCUT2D eigenvalue weighted by Gasteiger charge is 2.38. The van der Waals surface area contributed by atoms with Gasteiger partial charge in [-0.2, -0.15) is 4.31 Å². The Kier molecular flexibility index (Phi) is 5.03. The Labute approximate surface area is 132 Å². The lowest BCUT2D eigenvalue weighted by Crippen LogP contribution is -2.47. The first-order chi connectivity index (χ1) is 10.4. The molecule has 0 bridgehead atoms. The van der Waals surface area contributed by atoms with Gasteiger partial charge in [-0.15, -0.1) is 13.2 Å². The van der Waals surface area contributed by atoms with Gasteiger partial charge in [-0.25, -0.2) is 13.4 Å². The highest BCUT2D eigenvalue weighted by molar-refractivity contribution is 7.89. The predicted molar refractivity (Wildman–Crippen MR) is 87.9 cm³/mol. The fourth-order valence-electron chi connectivity index (χ4n) is 2.73. The molecule has 0 saturated carbocycles. The lowest BCUT2D eigenvalue weighted by atomic mass is 10.0. The summed E-state index contributed by atoms with van der Waals surface area (Å²) in [6.45, 7) is 9.28. The average molecular weight is 321 g/mol. The van der Waals surface area contributed by atoms with Crippen LogP contribution in [0.2, 0.25) is 0 Å². The van der Waals surface area contributed by atoms with Crippen molar-refractivity contribution in [2.24, 2.45) is 7.05 Å². The average Bonchev–Trinajstić information content (AvgIpc) is 2.80. The summed E-state index contributed by atoms with van der Waals surface area (Å²) in [5.74, 6) is 0.673. The van der Waals surface area contributed by atoms with Crippen molar-refractivity contribution >= 4 is 10.0 Å². The van der Waals surface area contributed by atoms with E-state index in [0.717, 1.165) is 0 Å². The molecule has 0 N–H and O–H groups in total. The molecule has 0 radical (unpaired) electrons. The van der Waals surface area contributed by atoms with Crippen molar-refractivity contribution in [3.8, 4) is 0 Å². The highest BCUT2D eigenvalue weighted by Crippen LogP contribution is 2.29. The van der Waals surface area contributed by atoms with Crippen LogP contribution in [-0.2, 0) is 17.1 Å². The molecule has 0 amide bonds.